The van der Waals surface area contributed by atoms with Crippen LogP contribution in [0.25, 0.3) is 11.1 Å². The molecule has 0 aliphatic heterocycles. The third-order valence-corrected chi connectivity index (χ3v) is 2.56. The van der Waals surface area contributed by atoms with Crippen molar-refractivity contribution >= 4 is 0 Å². The maximum atomic E-state index is 11.3. The minimum absolute atomic E-state index is 0.124. The van der Waals surface area contributed by atoms with Crippen LogP contribution in [0.3, 0.4) is 0 Å². The Morgan fingerprint density at radius 3 is 2.27 bits per heavy atom. The first kappa shape index (κ1) is 9.77. The van der Waals surface area contributed by atoms with Crippen molar-refractivity contribution < 1.29 is 9.47 Å². The summed E-state index contributed by atoms with van der Waals surface area (Å²) < 4.78 is 10.3. The van der Waals surface area contributed by atoms with Gasteiger partial charge in [0.15, 0.2) is 5.43 Å². The zero-order valence-electron chi connectivity index (χ0n) is 8.96. The van der Waals surface area contributed by atoms with E-state index in [1.807, 2.05) is 19.1 Å². The van der Waals surface area contributed by atoms with Gasteiger partial charge in [0.05, 0.1) is 14.2 Å². The van der Waals surface area contributed by atoms with E-state index in [1.54, 1.807) is 20.3 Å². The van der Waals surface area contributed by atoms with E-state index in [4.69, 9.17) is 9.47 Å². The van der Waals surface area contributed by atoms with Crippen LogP contribution in [-0.2, 0) is 0 Å². The van der Waals surface area contributed by atoms with Crippen molar-refractivity contribution in [3.05, 3.63) is 34.0 Å². The molecule has 0 bridgehead atoms. The molecule has 2 aromatic carbocycles. The molecule has 0 amide bonds. The van der Waals surface area contributed by atoms with Crippen molar-refractivity contribution in [3.63, 3.8) is 0 Å². The van der Waals surface area contributed by atoms with Crippen LogP contribution in [0.15, 0.2) is 23.0 Å². The van der Waals surface area contributed by atoms with Crippen molar-refractivity contribution in [1.82, 2.24) is 0 Å². The SMILES string of the molecule is COc1ccc(-c2c(C)c2=O)c(OC)c1. The van der Waals surface area contributed by atoms with Gasteiger partial charge in [-0.1, -0.05) is 0 Å². The maximum absolute atomic E-state index is 11.3. The average molecular weight is 204 g/mol. The summed E-state index contributed by atoms with van der Waals surface area (Å²) in [6.45, 7) is 1.82. The molecule has 0 radical (unpaired) electrons. The molecule has 0 N–H and O–H groups in total. The van der Waals surface area contributed by atoms with Gasteiger partial charge in [0, 0.05) is 22.8 Å². The summed E-state index contributed by atoms with van der Waals surface area (Å²) >= 11 is 0. The summed E-state index contributed by atoms with van der Waals surface area (Å²) in [6, 6.07) is 5.45. The zero-order valence-corrected chi connectivity index (χ0v) is 8.96. The highest BCUT2D eigenvalue weighted by atomic mass is 16.5. The van der Waals surface area contributed by atoms with E-state index >= 15 is 0 Å². The van der Waals surface area contributed by atoms with E-state index in [2.05, 4.69) is 0 Å². The van der Waals surface area contributed by atoms with Gasteiger partial charge in [0.25, 0.3) is 0 Å². The van der Waals surface area contributed by atoms with Crippen molar-refractivity contribution in [2.75, 3.05) is 14.2 Å². The van der Waals surface area contributed by atoms with Crippen LogP contribution in [0.5, 0.6) is 11.5 Å². The standard InChI is InChI=1S/C12H12O3/c1-7-11(12(7)13)9-5-4-8(14-2)6-10(9)15-3/h4-6H,1-3H3. The van der Waals surface area contributed by atoms with Gasteiger partial charge in [-0.25, -0.2) is 0 Å². The Morgan fingerprint density at radius 2 is 1.80 bits per heavy atom. The Labute approximate surface area is 87.9 Å². The number of rotatable bonds is 3. The highest BCUT2D eigenvalue weighted by Crippen LogP contribution is 2.35. The molecule has 0 aliphatic rings. The summed E-state index contributed by atoms with van der Waals surface area (Å²) in [7, 11) is 3.18. The maximum Gasteiger partial charge on any atom is 0.190 e. The Kier molecular flexibility index (Phi) is 2.23. The summed E-state index contributed by atoms with van der Waals surface area (Å²) in [5, 5.41) is 0. The average Bonchev–Trinajstić information content (AvgIpc) is 2.86. The number of hydrogen-bond acceptors (Lipinski definition) is 3. The summed E-state index contributed by atoms with van der Waals surface area (Å²) in [5.41, 5.74) is 2.56. The Balaban J connectivity index is 2.49. The van der Waals surface area contributed by atoms with E-state index in [9.17, 15) is 4.79 Å². The molecule has 2 rings (SSSR count). The molecule has 0 saturated heterocycles. The van der Waals surface area contributed by atoms with Crippen LogP contribution in [0.1, 0.15) is 5.56 Å². The fourth-order valence-electron chi connectivity index (χ4n) is 1.59. The molecule has 15 heavy (non-hydrogen) atoms. The van der Waals surface area contributed by atoms with E-state index in [1.165, 1.54) is 0 Å². The molecule has 0 heterocycles. The molecule has 0 aromatic heterocycles. The summed E-state index contributed by atoms with van der Waals surface area (Å²) in [4.78, 5) is 11.3. The smallest absolute Gasteiger partial charge is 0.190 e. The second-order valence-electron chi connectivity index (χ2n) is 3.40. The molecule has 0 spiro atoms. The van der Waals surface area contributed by atoms with Gasteiger partial charge in [-0.05, 0) is 19.1 Å². The quantitative estimate of drug-likeness (QED) is 0.766. The first-order valence-corrected chi connectivity index (χ1v) is 4.67. The molecule has 0 atom stereocenters. The lowest BCUT2D eigenvalue weighted by Crippen LogP contribution is -1.89. The lowest BCUT2D eigenvalue weighted by molar-refractivity contribution is 0.395. The lowest BCUT2D eigenvalue weighted by atomic mass is 10.1. The molecule has 3 heteroatoms. The van der Waals surface area contributed by atoms with Crippen LogP contribution in [0.2, 0.25) is 0 Å². The third kappa shape index (κ3) is 1.50. The van der Waals surface area contributed by atoms with Gasteiger partial charge in [0.1, 0.15) is 11.5 Å². The monoisotopic (exact) mass is 204 g/mol. The third-order valence-electron chi connectivity index (χ3n) is 2.56. The molecule has 0 fully saturated rings. The zero-order chi connectivity index (χ0) is 11.0. The normalized spacial score (nSPS) is 10.6. The van der Waals surface area contributed by atoms with Crippen molar-refractivity contribution in [2.24, 2.45) is 0 Å². The molecular weight excluding hydrogens is 192 g/mol. The van der Waals surface area contributed by atoms with Crippen LogP contribution >= 0.6 is 0 Å². The first-order chi connectivity index (χ1) is 7.19. The fraction of sp³-hybridized carbons (Fsp3) is 0.250. The Hall–Kier alpha value is -1.77. The van der Waals surface area contributed by atoms with Gasteiger partial charge >= 0.3 is 0 Å². The largest absolute Gasteiger partial charge is 0.497 e. The van der Waals surface area contributed by atoms with Crippen LogP contribution in [0, 0.1) is 6.92 Å². The predicted octanol–water partition coefficient (Wildman–Crippen LogP) is 1.92. The van der Waals surface area contributed by atoms with Crippen LogP contribution < -0.4 is 14.9 Å². The van der Waals surface area contributed by atoms with E-state index in [0.29, 0.717) is 5.75 Å². The van der Waals surface area contributed by atoms with Crippen LogP contribution in [0.4, 0.5) is 0 Å². The number of ether oxygens (including phenoxy) is 2. The van der Waals surface area contributed by atoms with Gasteiger partial charge < -0.3 is 9.47 Å². The lowest BCUT2D eigenvalue weighted by Gasteiger charge is -2.07. The molecule has 3 nitrogen and oxygen atoms in total. The molecule has 78 valence electrons. The number of benzene rings is 1. The molecule has 2 aromatic rings. The van der Waals surface area contributed by atoms with Crippen molar-refractivity contribution in [2.45, 2.75) is 6.92 Å². The highest BCUT2D eigenvalue weighted by Gasteiger charge is 2.22. The van der Waals surface area contributed by atoms with Crippen LogP contribution in [-0.4, -0.2) is 14.2 Å². The van der Waals surface area contributed by atoms with Gasteiger partial charge in [-0.3, -0.25) is 4.79 Å². The van der Waals surface area contributed by atoms with Crippen molar-refractivity contribution in [3.8, 4) is 22.6 Å². The number of methoxy groups -OCH3 is 2. The predicted molar refractivity (Wildman–Crippen MR) is 58.4 cm³/mol. The van der Waals surface area contributed by atoms with Gasteiger partial charge in [-0.2, -0.15) is 0 Å². The second-order valence-corrected chi connectivity index (χ2v) is 3.40. The van der Waals surface area contributed by atoms with E-state index in [0.717, 1.165) is 22.4 Å². The summed E-state index contributed by atoms with van der Waals surface area (Å²) in [5.74, 6) is 1.40. The van der Waals surface area contributed by atoms with Gasteiger partial charge in [-0.15, -0.1) is 0 Å². The van der Waals surface area contributed by atoms with E-state index in [-0.39, 0.29) is 5.43 Å². The molecule has 0 saturated carbocycles. The topological polar surface area (TPSA) is 35.5 Å². The molecule has 0 aliphatic carbocycles. The first-order valence-electron chi connectivity index (χ1n) is 4.67. The molecule has 0 unspecified atom stereocenters. The Bertz CT molecular complexity index is 505. The minimum Gasteiger partial charge on any atom is -0.497 e. The Morgan fingerprint density at radius 1 is 1.13 bits per heavy atom. The van der Waals surface area contributed by atoms with E-state index < -0.39 is 0 Å². The fourth-order valence-corrected chi connectivity index (χ4v) is 1.59. The number of hydrogen-bond donors (Lipinski definition) is 0. The second kappa shape index (κ2) is 3.42. The minimum atomic E-state index is 0.124. The summed E-state index contributed by atoms with van der Waals surface area (Å²) in [6.07, 6.45) is 0. The van der Waals surface area contributed by atoms with Gasteiger partial charge in [0.2, 0.25) is 0 Å². The highest BCUT2D eigenvalue weighted by molar-refractivity contribution is 5.80. The van der Waals surface area contributed by atoms with Crippen molar-refractivity contribution in [1.29, 1.82) is 0 Å². The molecular formula is C12H12O3.